The van der Waals surface area contributed by atoms with Crippen molar-refractivity contribution in [2.75, 3.05) is 26.2 Å². The minimum atomic E-state index is -3.41. The highest BCUT2D eigenvalue weighted by molar-refractivity contribution is 7.89. The molecule has 1 aromatic rings. The molecule has 0 fully saturated rings. The Kier molecular flexibility index (Phi) is 6.95. The van der Waals surface area contributed by atoms with Crippen LogP contribution >= 0.6 is 11.3 Å². The van der Waals surface area contributed by atoms with E-state index in [0.29, 0.717) is 16.3 Å². The molecule has 0 aliphatic heterocycles. The Morgan fingerprint density at radius 3 is 2.63 bits per heavy atom. The van der Waals surface area contributed by atoms with Crippen LogP contribution in [0.25, 0.3) is 0 Å². The third-order valence-electron chi connectivity index (χ3n) is 3.02. The Labute approximate surface area is 119 Å². The highest BCUT2D eigenvalue weighted by Crippen LogP contribution is 2.20. The normalized spacial score (nSPS) is 12.2. The van der Waals surface area contributed by atoms with Crippen LogP contribution in [0.5, 0.6) is 0 Å². The predicted molar refractivity (Wildman–Crippen MR) is 79.8 cm³/mol. The van der Waals surface area contributed by atoms with Crippen molar-refractivity contribution in [2.45, 2.75) is 31.7 Å². The Bertz CT molecular complexity index is 467. The molecule has 1 rings (SSSR count). The maximum atomic E-state index is 12.1. The van der Waals surface area contributed by atoms with Crippen molar-refractivity contribution in [2.24, 2.45) is 5.73 Å². The molecule has 0 atom stereocenters. The largest absolute Gasteiger partial charge is 0.326 e. The van der Waals surface area contributed by atoms with Crippen LogP contribution in [-0.2, 0) is 16.6 Å². The van der Waals surface area contributed by atoms with Gasteiger partial charge in [0.2, 0.25) is 10.0 Å². The molecule has 0 aliphatic rings. The standard InChI is InChI=1S/C12H23N3O2S2/c1-3-15(4-2)8-5-7-14-19(16,17)12-6-9-18-11(12)10-13/h6,9,14H,3-5,7-8,10,13H2,1-2H3. The van der Waals surface area contributed by atoms with Crippen LogP contribution in [-0.4, -0.2) is 39.5 Å². The SMILES string of the molecule is CCN(CC)CCCNS(=O)(=O)c1ccsc1CN. The summed E-state index contributed by atoms with van der Waals surface area (Å²) in [5.41, 5.74) is 5.53. The van der Waals surface area contributed by atoms with Gasteiger partial charge in [0.05, 0.1) is 4.90 Å². The number of rotatable bonds is 9. The average Bonchev–Trinajstić information content (AvgIpc) is 2.88. The third kappa shape index (κ3) is 4.85. The number of hydrogen-bond donors (Lipinski definition) is 2. The molecule has 0 aromatic carbocycles. The van der Waals surface area contributed by atoms with Gasteiger partial charge in [-0.05, 0) is 37.5 Å². The fourth-order valence-corrected chi connectivity index (χ4v) is 4.25. The van der Waals surface area contributed by atoms with Crippen molar-refractivity contribution >= 4 is 21.4 Å². The maximum Gasteiger partial charge on any atom is 0.241 e. The van der Waals surface area contributed by atoms with Crippen molar-refractivity contribution in [1.82, 2.24) is 9.62 Å². The van der Waals surface area contributed by atoms with Crippen molar-refractivity contribution in [3.05, 3.63) is 16.3 Å². The maximum absolute atomic E-state index is 12.1. The molecule has 0 bridgehead atoms. The van der Waals surface area contributed by atoms with Crippen LogP contribution in [0.1, 0.15) is 25.1 Å². The summed E-state index contributed by atoms with van der Waals surface area (Å²) in [5.74, 6) is 0. The topological polar surface area (TPSA) is 75.4 Å². The lowest BCUT2D eigenvalue weighted by molar-refractivity contribution is 0.300. The lowest BCUT2D eigenvalue weighted by Crippen LogP contribution is -2.30. The van der Waals surface area contributed by atoms with Crippen molar-refractivity contribution in [3.8, 4) is 0 Å². The van der Waals surface area contributed by atoms with E-state index in [1.165, 1.54) is 11.3 Å². The Morgan fingerprint density at radius 1 is 1.37 bits per heavy atom. The van der Waals surface area contributed by atoms with Crippen LogP contribution in [0.15, 0.2) is 16.3 Å². The second-order valence-corrected chi connectivity index (χ2v) is 6.93. The van der Waals surface area contributed by atoms with Gasteiger partial charge in [0.25, 0.3) is 0 Å². The highest BCUT2D eigenvalue weighted by atomic mass is 32.2. The summed E-state index contributed by atoms with van der Waals surface area (Å²) in [7, 11) is -3.41. The zero-order valence-corrected chi connectivity index (χ0v) is 13.2. The van der Waals surface area contributed by atoms with Gasteiger partial charge in [-0.2, -0.15) is 0 Å². The molecule has 0 saturated heterocycles. The molecule has 0 saturated carbocycles. The fraction of sp³-hybridized carbons (Fsp3) is 0.667. The summed E-state index contributed by atoms with van der Waals surface area (Å²) < 4.78 is 26.8. The van der Waals surface area contributed by atoms with E-state index in [1.807, 2.05) is 0 Å². The van der Waals surface area contributed by atoms with Gasteiger partial charge in [-0.25, -0.2) is 13.1 Å². The molecule has 0 amide bonds. The second kappa shape index (κ2) is 7.96. The van der Waals surface area contributed by atoms with Crippen LogP contribution < -0.4 is 10.5 Å². The Morgan fingerprint density at radius 2 is 2.05 bits per heavy atom. The highest BCUT2D eigenvalue weighted by Gasteiger charge is 2.18. The molecule has 0 aliphatic carbocycles. The molecule has 19 heavy (non-hydrogen) atoms. The number of hydrogen-bond acceptors (Lipinski definition) is 5. The van der Waals surface area contributed by atoms with E-state index >= 15 is 0 Å². The third-order valence-corrected chi connectivity index (χ3v) is 5.64. The quantitative estimate of drug-likeness (QED) is 0.673. The number of nitrogens with zero attached hydrogens (tertiary/aromatic N) is 1. The number of thiophene rings is 1. The van der Waals surface area contributed by atoms with Crippen molar-refractivity contribution in [3.63, 3.8) is 0 Å². The van der Waals surface area contributed by atoms with Gasteiger partial charge < -0.3 is 10.6 Å². The molecule has 5 nitrogen and oxygen atoms in total. The molecule has 110 valence electrons. The zero-order valence-electron chi connectivity index (χ0n) is 11.6. The number of nitrogens with two attached hydrogens (primary N) is 1. The predicted octanol–water partition coefficient (Wildman–Crippen LogP) is 1.22. The first-order valence-corrected chi connectivity index (χ1v) is 8.89. The van der Waals surface area contributed by atoms with E-state index in [4.69, 9.17) is 5.73 Å². The van der Waals surface area contributed by atoms with Gasteiger partial charge in [-0.1, -0.05) is 13.8 Å². The first kappa shape index (κ1) is 16.6. The smallest absolute Gasteiger partial charge is 0.241 e. The molecule has 1 aromatic heterocycles. The van der Waals surface area contributed by atoms with Crippen LogP contribution in [0.2, 0.25) is 0 Å². The molecule has 1 heterocycles. The lowest BCUT2D eigenvalue weighted by atomic mass is 10.4. The van der Waals surface area contributed by atoms with E-state index in [-0.39, 0.29) is 6.54 Å². The van der Waals surface area contributed by atoms with E-state index < -0.39 is 10.0 Å². The molecule has 0 radical (unpaired) electrons. The first-order chi connectivity index (χ1) is 9.05. The summed E-state index contributed by atoms with van der Waals surface area (Å²) in [6.45, 7) is 7.81. The van der Waals surface area contributed by atoms with Crippen LogP contribution in [0, 0.1) is 0 Å². The van der Waals surface area contributed by atoms with Crippen molar-refractivity contribution < 1.29 is 8.42 Å². The van der Waals surface area contributed by atoms with Crippen LogP contribution in [0.4, 0.5) is 0 Å². The number of sulfonamides is 1. The van der Waals surface area contributed by atoms with Gasteiger partial charge in [0, 0.05) is 18.0 Å². The molecule has 0 spiro atoms. The lowest BCUT2D eigenvalue weighted by Gasteiger charge is -2.17. The summed E-state index contributed by atoms with van der Waals surface area (Å²) >= 11 is 1.38. The van der Waals surface area contributed by atoms with E-state index in [0.717, 1.165) is 26.1 Å². The Balaban J connectivity index is 2.48. The van der Waals surface area contributed by atoms with E-state index in [2.05, 4.69) is 23.5 Å². The van der Waals surface area contributed by atoms with E-state index in [1.54, 1.807) is 11.4 Å². The zero-order chi connectivity index (χ0) is 14.3. The molecular weight excluding hydrogens is 282 g/mol. The van der Waals surface area contributed by atoms with Crippen LogP contribution in [0.3, 0.4) is 0 Å². The molecule has 3 N–H and O–H groups in total. The van der Waals surface area contributed by atoms with Gasteiger partial charge >= 0.3 is 0 Å². The van der Waals surface area contributed by atoms with Gasteiger partial charge in [-0.15, -0.1) is 11.3 Å². The molecule has 7 heteroatoms. The minimum absolute atomic E-state index is 0.257. The van der Waals surface area contributed by atoms with Crippen molar-refractivity contribution in [1.29, 1.82) is 0 Å². The monoisotopic (exact) mass is 305 g/mol. The fourth-order valence-electron chi connectivity index (χ4n) is 1.84. The minimum Gasteiger partial charge on any atom is -0.326 e. The number of nitrogens with one attached hydrogen (secondary N) is 1. The molecular formula is C12H23N3O2S2. The summed E-state index contributed by atoms with van der Waals surface area (Å²) in [6.07, 6.45) is 0.809. The Hall–Kier alpha value is -0.470. The van der Waals surface area contributed by atoms with Gasteiger partial charge in [0.1, 0.15) is 0 Å². The average molecular weight is 305 g/mol. The second-order valence-electron chi connectivity index (χ2n) is 4.19. The summed E-state index contributed by atoms with van der Waals surface area (Å²) in [5, 5.41) is 1.76. The van der Waals surface area contributed by atoms with Gasteiger partial charge in [0.15, 0.2) is 0 Å². The van der Waals surface area contributed by atoms with E-state index in [9.17, 15) is 8.42 Å². The van der Waals surface area contributed by atoms with Gasteiger partial charge in [-0.3, -0.25) is 0 Å². The summed E-state index contributed by atoms with van der Waals surface area (Å²) in [4.78, 5) is 3.29. The summed E-state index contributed by atoms with van der Waals surface area (Å²) in [6, 6.07) is 1.61. The molecule has 0 unspecified atom stereocenters. The first-order valence-electron chi connectivity index (χ1n) is 6.53.